The van der Waals surface area contributed by atoms with E-state index in [1.54, 1.807) is 0 Å². The Kier molecular flexibility index (Phi) is 4.03. The van der Waals surface area contributed by atoms with E-state index in [0.29, 0.717) is 0 Å². The predicted molar refractivity (Wildman–Crippen MR) is 50.0 cm³/mol. The maximum absolute atomic E-state index is 4.47. The lowest BCUT2D eigenvalue weighted by Gasteiger charge is -2.02. The van der Waals surface area contributed by atoms with Crippen LogP contribution in [0.2, 0.25) is 0 Å². The zero-order valence-corrected chi connectivity index (χ0v) is 7.51. The molecule has 3 heteroatoms. The van der Waals surface area contributed by atoms with Crippen molar-refractivity contribution in [1.82, 2.24) is 0 Å². The highest BCUT2D eigenvalue weighted by Gasteiger charge is 2.13. The van der Waals surface area contributed by atoms with E-state index in [1.165, 1.54) is 25.0 Å². The van der Waals surface area contributed by atoms with Crippen molar-refractivity contribution in [3.05, 3.63) is 0 Å². The summed E-state index contributed by atoms with van der Waals surface area (Å²) in [5.41, 5.74) is 0. The van der Waals surface area contributed by atoms with Gasteiger partial charge in [0.2, 0.25) is 0 Å². The standard InChI is InChI=1S/C7H11NS2/c9-6-8-4-3-7-2-1-5-10-7/h7H,1-5H2. The van der Waals surface area contributed by atoms with E-state index in [4.69, 9.17) is 0 Å². The summed E-state index contributed by atoms with van der Waals surface area (Å²) in [5, 5.41) is 3.24. The van der Waals surface area contributed by atoms with Gasteiger partial charge in [0.1, 0.15) is 0 Å². The second kappa shape index (κ2) is 4.89. The van der Waals surface area contributed by atoms with Crippen LogP contribution in [0.4, 0.5) is 0 Å². The average molecular weight is 173 g/mol. The maximum Gasteiger partial charge on any atom is 0.0584 e. The Bertz CT molecular complexity index is 135. The van der Waals surface area contributed by atoms with Crippen molar-refractivity contribution in [2.45, 2.75) is 24.5 Å². The predicted octanol–water partition coefficient (Wildman–Crippen LogP) is 2.37. The molecule has 1 heterocycles. The highest BCUT2D eigenvalue weighted by molar-refractivity contribution is 8.00. The van der Waals surface area contributed by atoms with Gasteiger partial charge in [0.15, 0.2) is 0 Å². The molecule has 1 fully saturated rings. The Balaban J connectivity index is 2.06. The molecule has 1 aliphatic rings. The summed E-state index contributed by atoms with van der Waals surface area (Å²) in [6.45, 7) is 0.876. The SMILES string of the molecule is S=C=NCCC1CCCS1. The van der Waals surface area contributed by atoms with Gasteiger partial charge in [0, 0.05) is 5.25 Å². The summed E-state index contributed by atoms with van der Waals surface area (Å²) in [7, 11) is 0. The first-order valence-corrected chi connectivity index (χ1v) is 5.04. The van der Waals surface area contributed by atoms with E-state index in [2.05, 4.69) is 34.1 Å². The van der Waals surface area contributed by atoms with Crippen LogP contribution in [0, 0.1) is 0 Å². The number of aliphatic imine (C=N–C) groups is 1. The molecule has 0 N–H and O–H groups in total. The molecule has 0 aromatic carbocycles. The second-order valence-electron chi connectivity index (χ2n) is 2.40. The zero-order chi connectivity index (χ0) is 7.23. The van der Waals surface area contributed by atoms with Gasteiger partial charge in [-0.1, -0.05) is 0 Å². The molecule has 0 aromatic heterocycles. The Morgan fingerprint density at radius 2 is 2.60 bits per heavy atom. The molecule has 0 bridgehead atoms. The van der Waals surface area contributed by atoms with Crippen molar-refractivity contribution < 1.29 is 0 Å². The van der Waals surface area contributed by atoms with E-state index >= 15 is 0 Å². The van der Waals surface area contributed by atoms with Crippen LogP contribution in [0.1, 0.15) is 19.3 Å². The van der Waals surface area contributed by atoms with Crippen molar-refractivity contribution >= 4 is 29.1 Å². The summed E-state index contributed by atoms with van der Waals surface area (Å²) < 4.78 is 0. The Morgan fingerprint density at radius 3 is 3.20 bits per heavy atom. The molecule has 1 nitrogen and oxygen atoms in total. The Morgan fingerprint density at radius 1 is 1.70 bits per heavy atom. The third-order valence-corrected chi connectivity index (χ3v) is 3.25. The Hall–Kier alpha value is 0.150. The molecule has 1 rings (SSSR count). The normalized spacial score (nSPS) is 24.2. The Labute approximate surface area is 71.3 Å². The van der Waals surface area contributed by atoms with Crippen molar-refractivity contribution in [2.24, 2.45) is 4.99 Å². The first kappa shape index (κ1) is 8.25. The fourth-order valence-corrected chi connectivity index (χ4v) is 2.49. The van der Waals surface area contributed by atoms with Crippen molar-refractivity contribution in [3.8, 4) is 0 Å². The monoisotopic (exact) mass is 173 g/mol. The number of thioether (sulfide) groups is 1. The van der Waals surface area contributed by atoms with Gasteiger partial charge >= 0.3 is 0 Å². The van der Waals surface area contributed by atoms with Crippen LogP contribution in [0.25, 0.3) is 0 Å². The molecule has 0 spiro atoms. The molecule has 1 atom stereocenters. The number of rotatable bonds is 3. The number of nitrogens with zero attached hydrogens (tertiary/aromatic N) is 1. The van der Waals surface area contributed by atoms with Crippen LogP contribution in [0.15, 0.2) is 4.99 Å². The van der Waals surface area contributed by atoms with Crippen molar-refractivity contribution in [1.29, 1.82) is 0 Å². The van der Waals surface area contributed by atoms with Crippen molar-refractivity contribution in [2.75, 3.05) is 12.3 Å². The van der Waals surface area contributed by atoms with Gasteiger partial charge in [-0.05, 0) is 37.2 Å². The second-order valence-corrected chi connectivity index (χ2v) is 3.99. The molecular weight excluding hydrogens is 162 g/mol. The van der Waals surface area contributed by atoms with Gasteiger partial charge in [0.05, 0.1) is 11.7 Å². The minimum atomic E-state index is 0.854. The lowest BCUT2D eigenvalue weighted by atomic mass is 10.2. The average Bonchev–Trinajstić information content (AvgIpc) is 2.41. The fraction of sp³-hybridized carbons (Fsp3) is 0.857. The van der Waals surface area contributed by atoms with Crippen LogP contribution < -0.4 is 0 Å². The summed E-state index contributed by atoms with van der Waals surface area (Å²) in [6, 6.07) is 0. The van der Waals surface area contributed by atoms with Crippen molar-refractivity contribution in [3.63, 3.8) is 0 Å². The minimum Gasteiger partial charge on any atom is -0.232 e. The van der Waals surface area contributed by atoms with E-state index in [0.717, 1.165) is 11.8 Å². The lowest BCUT2D eigenvalue weighted by Crippen LogP contribution is -1.97. The highest BCUT2D eigenvalue weighted by atomic mass is 32.2. The van der Waals surface area contributed by atoms with Crippen LogP contribution in [0.5, 0.6) is 0 Å². The van der Waals surface area contributed by atoms with Gasteiger partial charge in [-0.25, -0.2) is 4.99 Å². The van der Waals surface area contributed by atoms with Gasteiger partial charge < -0.3 is 0 Å². The minimum absolute atomic E-state index is 0.854. The lowest BCUT2D eigenvalue weighted by molar-refractivity contribution is 0.726. The molecule has 10 heavy (non-hydrogen) atoms. The van der Waals surface area contributed by atoms with Crippen LogP contribution in [-0.2, 0) is 0 Å². The molecule has 0 saturated carbocycles. The summed E-state index contributed by atoms with van der Waals surface area (Å²) in [6.07, 6.45) is 3.95. The maximum atomic E-state index is 4.47. The van der Waals surface area contributed by atoms with Crippen LogP contribution in [0.3, 0.4) is 0 Å². The van der Waals surface area contributed by atoms with Crippen LogP contribution in [-0.4, -0.2) is 22.7 Å². The molecule has 0 aliphatic carbocycles. The van der Waals surface area contributed by atoms with E-state index in [9.17, 15) is 0 Å². The molecule has 0 aromatic rings. The molecule has 1 unspecified atom stereocenters. The van der Waals surface area contributed by atoms with Gasteiger partial charge in [-0.3, -0.25) is 0 Å². The highest BCUT2D eigenvalue weighted by Crippen LogP contribution is 2.28. The summed E-state index contributed by atoms with van der Waals surface area (Å²) in [5.74, 6) is 1.34. The van der Waals surface area contributed by atoms with Gasteiger partial charge in [-0.2, -0.15) is 11.8 Å². The fourth-order valence-electron chi connectivity index (χ4n) is 1.13. The number of thiocarbonyl (C=S) groups is 1. The number of hydrogen-bond acceptors (Lipinski definition) is 3. The smallest absolute Gasteiger partial charge is 0.0584 e. The molecule has 0 amide bonds. The van der Waals surface area contributed by atoms with Gasteiger partial charge in [0.25, 0.3) is 0 Å². The molecule has 1 saturated heterocycles. The summed E-state index contributed by atoms with van der Waals surface area (Å²) in [4.78, 5) is 3.89. The third-order valence-electron chi connectivity index (χ3n) is 1.65. The first-order valence-electron chi connectivity index (χ1n) is 3.58. The third kappa shape index (κ3) is 2.82. The first-order chi connectivity index (χ1) is 4.93. The van der Waals surface area contributed by atoms with Crippen LogP contribution >= 0.6 is 24.0 Å². The molecule has 1 aliphatic heterocycles. The number of isothiocyanates is 1. The zero-order valence-electron chi connectivity index (χ0n) is 5.88. The topological polar surface area (TPSA) is 12.4 Å². The van der Waals surface area contributed by atoms with E-state index in [1.807, 2.05) is 0 Å². The largest absolute Gasteiger partial charge is 0.232 e. The quantitative estimate of drug-likeness (QED) is 0.480. The molecule has 0 radical (unpaired) electrons. The van der Waals surface area contributed by atoms with E-state index in [-0.39, 0.29) is 0 Å². The molecule has 56 valence electrons. The molecular formula is C7H11NS2. The van der Waals surface area contributed by atoms with E-state index < -0.39 is 0 Å². The number of hydrogen-bond donors (Lipinski definition) is 0. The van der Waals surface area contributed by atoms with Gasteiger partial charge in [-0.15, -0.1) is 0 Å². The summed E-state index contributed by atoms with van der Waals surface area (Å²) >= 11 is 6.54.